The van der Waals surface area contributed by atoms with Gasteiger partial charge in [0, 0.05) is 27.8 Å². The average molecular weight is 682 g/mol. The number of hydrogen-bond acceptors (Lipinski definition) is 2. The van der Waals surface area contributed by atoms with Gasteiger partial charge in [-0.25, -0.2) is 0 Å². The predicted molar refractivity (Wildman–Crippen MR) is 240 cm³/mol. The third-order valence-electron chi connectivity index (χ3n) is 10.5. The maximum Gasteiger partial charge on any atom is 0.135 e. The van der Waals surface area contributed by atoms with Crippen LogP contribution in [0.25, 0.3) is 66.1 Å². The monoisotopic (exact) mass is 683 g/mol. The van der Waals surface area contributed by atoms with Gasteiger partial charge in [-0.05, 0) is 86.6 Å². The van der Waals surface area contributed by atoms with Crippen molar-refractivity contribution in [2.75, 3.05) is 4.90 Å². The Morgan fingerprint density at radius 2 is 0.745 bits per heavy atom. The molecule has 9 heteroatoms. The zero-order chi connectivity index (χ0) is 38.0. The van der Waals surface area contributed by atoms with E-state index in [1.54, 1.807) is 0 Å². The van der Waals surface area contributed by atoms with Crippen LogP contribution in [0.2, 0.25) is 0 Å². The Morgan fingerprint density at radius 3 is 1.33 bits per heavy atom. The number of anilines is 3. The molecule has 0 saturated heterocycles. The van der Waals surface area contributed by atoms with Gasteiger partial charge >= 0.3 is 0 Å². The van der Waals surface area contributed by atoms with Gasteiger partial charge in [-0.2, -0.15) is 0 Å². The molecule has 0 amide bonds. The zero-order valence-corrected chi connectivity index (χ0v) is 29.8. The number of hydrogen-bond donors (Lipinski definition) is 0. The van der Waals surface area contributed by atoms with Crippen LogP contribution in [0.4, 0.5) is 17.1 Å². The van der Waals surface area contributed by atoms with Crippen molar-refractivity contribution in [1.82, 2.24) is 0 Å². The summed E-state index contributed by atoms with van der Waals surface area (Å²) in [4.78, 5) is 2.00. The van der Waals surface area contributed by atoms with Gasteiger partial charge in [0.15, 0.2) is 0 Å². The standard InChI is InChI=1S/C46H24B7NO/c47-39-37-38(41(49)43(51)42(39)50)46(45(53)44(52)40(37)48)54(31-19-14-27(15-20-31)25-6-2-1-3-7-25)32-21-16-28(17-22-32)26-10-12-29(13-11-26)30-18-23-36-34(24-30)33-8-4-5-9-35(33)55-36/h1-24H. The lowest BCUT2D eigenvalue weighted by atomic mass is 9.60. The summed E-state index contributed by atoms with van der Waals surface area (Å²) in [5.74, 6) is 0. The Balaban J connectivity index is 1.14. The molecule has 1 aromatic heterocycles. The van der Waals surface area contributed by atoms with Gasteiger partial charge in [-0.15, -0.1) is 16.4 Å². The maximum atomic E-state index is 6.87. The minimum atomic E-state index is 0.136. The van der Waals surface area contributed by atoms with Gasteiger partial charge < -0.3 is 9.32 Å². The van der Waals surface area contributed by atoms with Crippen molar-refractivity contribution in [2.45, 2.75) is 0 Å². The maximum absolute atomic E-state index is 6.87. The van der Waals surface area contributed by atoms with E-state index < -0.39 is 0 Å². The highest BCUT2D eigenvalue weighted by molar-refractivity contribution is 6.72. The number of benzene rings is 8. The first-order chi connectivity index (χ1) is 26.7. The van der Waals surface area contributed by atoms with E-state index in [1.807, 2.05) is 71.6 Å². The molecule has 0 saturated carbocycles. The molecule has 55 heavy (non-hydrogen) atoms. The molecule has 0 aliphatic carbocycles. The van der Waals surface area contributed by atoms with Crippen molar-refractivity contribution in [1.29, 1.82) is 0 Å². The van der Waals surface area contributed by atoms with E-state index in [4.69, 9.17) is 59.3 Å². The minimum absolute atomic E-state index is 0.136. The Labute approximate surface area is 329 Å². The van der Waals surface area contributed by atoms with E-state index in [2.05, 4.69) is 78.9 Å². The molecule has 0 N–H and O–H groups in total. The summed E-state index contributed by atoms with van der Waals surface area (Å²) in [6.45, 7) is 0. The lowest BCUT2D eigenvalue weighted by molar-refractivity contribution is 0.669. The van der Waals surface area contributed by atoms with Crippen LogP contribution < -0.4 is 43.1 Å². The van der Waals surface area contributed by atoms with Gasteiger partial charge in [0.05, 0.1) is 0 Å². The van der Waals surface area contributed by atoms with Crippen LogP contribution in [0.15, 0.2) is 150 Å². The smallest absolute Gasteiger partial charge is 0.135 e. The van der Waals surface area contributed by atoms with Crippen molar-refractivity contribution in [2.24, 2.45) is 0 Å². The third kappa shape index (κ3) is 5.85. The van der Waals surface area contributed by atoms with Gasteiger partial charge in [0.25, 0.3) is 0 Å². The second-order valence-corrected chi connectivity index (χ2v) is 13.7. The van der Waals surface area contributed by atoms with Crippen molar-refractivity contribution >= 4 is 143 Å². The first-order valence-electron chi connectivity index (χ1n) is 17.8. The number of fused-ring (bicyclic) bond motifs is 4. The van der Waals surface area contributed by atoms with E-state index in [9.17, 15) is 0 Å². The molecule has 8 aromatic carbocycles. The number of rotatable bonds is 6. The molecule has 0 aliphatic rings. The summed E-state index contributed by atoms with van der Waals surface area (Å²) in [6, 6.07) is 49.5. The normalized spacial score (nSPS) is 11.4. The Hall–Kier alpha value is -5.93. The second-order valence-electron chi connectivity index (χ2n) is 13.7. The number of para-hydroxylation sites is 1. The Bertz CT molecular complexity index is 2920. The van der Waals surface area contributed by atoms with Gasteiger partial charge in [0.1, 0.15) is 66.1 Å². The fourth-order valence-corrected chi connectivity index (χ4v) is 7.53. The molecule has 9 rings (SSSR count). The number of nitrogens with zero attached hydrogens (tertiary/aromatic N) is 1. The molecular weight excluding hydrogens is 658 g/mol. The SMILES string of the molecule is [B]c1c([B])c([B])c2c(N(c3ccc(-c4ccccc4)cc3)c3ccc(-c4ccc(-c5ccc6oc7ccccc7c6c5)cc4)cc3)c([B])c([B])c([B])c2c1[B]. The van der Waals surface area contributed by atoms with Crippen LogP contribution in [0.5, 0.6) is 0 Å². The Kier molecular flexibility index (Phi) is 8.69. The molecule has 2 nitrogen and oxygen atoms in total. The third-order valence-corrected chi connectivity index (χ3v) is 10.5. The fraction of sp³-hybridized carbons (Fsp3) is 0. The fourth-order valence-electron chi connectivity index (χ4n) is 7.53. The lowest BCUT2D eigenvalue weighted by Crippen LogP contribution is -2.52. The van der Waals surface area contributed by atoms with Gasteiger partial charge in [0.2, 0.25) is 0 Å². The minimum Gasteiger partial charge on any atom is -0.456 e. The first kappa shape index (κ1) is 34.8. The van der Waals surface area contributed by atoms with E-state index in [-0.39, 0.29) is 38.2 Å². The second kappa shape index (κ2) is 13.7. The molecule has 0 atom stereocenters. The molecule has 0 unspecified atom stereocenters. The highest BCUT2D eigenvalue weighted by atomic mass is 16.3. The van der Waals surface area contributed by atoms with Crippen molar-refractivity contribution in [3.8, 4) is 33.4 Å². The van der Waals surface area contributed by atoms with Crippen LogP contribution in [0, 0.1) is 0 Å². The van der Waals surface area contributed by atoms with Crippen LogP contribution in [0.3, 0.4) is 0 Å². The van der Waals surface area contributed by atoms with Crippen LogP contribution in [-0.2, 0) is 0 Å². The van der Waals surface area contributed by atoms with Gasteiger partial charge in [-0.1, -0.05) is 125 Å². The zero-order valence-electron chi connectivity index (χ0n) is 29.8. The summed E-state index contributed by atoms with van der Waals surface area (Å²) in [5.41, 5.74) is 11.5. The summed E-state index contributed by atoms with van der Waals surface area (Å²) in [6.07, 6.45) is 0. The molecule has 9 aromatic rings. The van der Waals surface area contributed by atoms with Gasteiger partial charge in [-0.3, -0.25) is 0 Å². The largest absolute Gasteiger partial charge is 0.456 e. The summed E-state index contributed by atoms with van der Waals surface area (Å²) in [7, 11) is 46.0. The van der Waals surface area contributed by atoms with E-state index in [0.29, 0.717) is 16.5 Å². The molecule has 0 fully saturated rings. The van der Waals surface area contributed by atoms with Crippen molar-refractivity contribution < 1.29 is 4.42 Å². The summed E-state index contributed by atoms with van der Waals surface area (Å²) in [5, 5.41) is 3.06. The van der Waals surface area contributed by atoms with Crippen LogP contribution >= 0.6 is 0 Å². The van der Waals surface area contributed by atoms with Crippen molar-refractivity contribution in [3.63, 3.8) is 0 Å². The molecular formula is C46H24B7NO. The van der Waals surface area contributed by atoms with Crippen molar-refractivity contribution in [3.05, 3.63) is 146 Å². The molecule has 14 radical (unpaired) electrons. The predicted octanol–water partition coefficient (Wildman–Crippen LogP) is 4.77. The number of furan rings is 1. The average Bonchev–Trinajstić information content (AvgIpc) is 3.61. The molecule has 0 bridgehead atoms. The Morgan fingerprint density at radius 1 is 0.327 bits per heavy atom. The highest BCUT2D eigenvalue weighted by Crippen LogP contribution is 2.39. The van der Waals surface area contributed by atoms with E-state index in [1.165, 1.54) is 0 Å². The summed E-state index contributed by atoms with van der Waals surface area (Å²) >= 11 is 0. The van der Waals surface area contributed by atoms with Crippen LogP contribution in [-0.4, -0.2) is 54.9 Å². The lowest BCUT2D eigenvalue weighted by Gasteiger charge is -2.33. The van der Waals surface area contributed by atoms with E-state index in [0.717, 1.165) is 66.7 Å². The quantitative estimate of drug-likeness (QED) is 0.236. The first-order valence-corrected chi connectivity index (χ1v) is 17.8. The summed E-state index contributed by atoms with van der Waals surface area (Å²) < 4.78 is 6.04. The topological polar surface area (TPSA) is 16.4 Å². The molecule has 240 valence electrons. The molecule has 0 aliphatic heterocycles. The van der Waals surface area contributed by atoms with Crippen LogP contribution in [0.1, 0.15) is 0 Å². The molecule has 1 heterocycles. The highest BCUT2D eigenvalue weighted by Gasteiger charge is 2.23. The van der Waals surface area contributed by atoms with E-state index >= 15 is 0 Å². The molecule has 0 spiro atoms.